The van der Waals surface area contributed by atoms with Crippen LogP contribution in [0.3, 0.4) is 0 Å². The van der Waals surface area contributed by atoms with E-state index < -0.39 is 10.0 Å². The molecule has 6 nitrogen and oxygen atoms in total. The minimum Gasteiger partial charge on any atom is -0.397 e. The number of nitrogen functional groups attached to an aromatic ring is 1. The van der Waals surface area contributed by atoms with E-state index in [4.69, 9.17) is 17.3 Å². The molecule has 19 heavy (non-hydrogen) atoms. The van der Waals surface area contributed by atoms with Crippen LogP contribution in [0.5, 0.6) is 0 Å². The van der Waals surface area contributed by atoms with E-state index in [9.17, 15) is 8.42 Å². The van der Waals surface area contributed by atoms with Crippen LogP contribution in [0.4, 0.5) is 10.8 Å². The van der Waals surface area contributed by atoms with Gasteiger partial charge < -0.3 is 5.73 Å². The number of nitrogens with zero attached hydrogens (tertiary/aromatic N) is 2. The summed E-state index contributed by atoms with van der Waals surface area (Å²) in [7, 11) is -3.74. The van der Waals surface area contributed by atoms with Gasteiger partial charge in [-0.2, -0.15) is 4.37 Å². The minimum absolute atomic E-state index is 0.0414. The number of nitrogens with one attached hydrogen (secondary N) is 1. The van der Waals surface area contributed by atoms with Crippen molar-refractivity contribution < 1.29 is 8.42 Å². The molecule has 2 rings (SSSR count). The summed E-state index contributed by atoms with van der Waals surface area (Å²) in [6.45, 7) is 3.37. The van der Waals surface area contributed by atoms with Gasteiger partial charge in [-0.3, -0.25) is 4.72 Å². The molecule has 1 aromatic heterocycles. The topological polar surface area (TPSA) is 98.0 Å². The molecule has 0 unspecified atom stereocenters. The molecule has 0 amide bonds. The number of hydrogen-bond donors (Lipinski definition) is 2. The number of benzene rings is 1. The van der Waals surface area contributed by atoms with E-state index >= 15 is 0 Å². The van der Waals surface area contributed by atoms with Crippen molar-refractivity contribution in [2.75, 3.05) is 10.5 Å². The van der Waals surface area contributed by atoms with Gasteiger partial charge in [0.05, 0.1) is 15.6 Å². The first kappa shape index (κ1) is 14.0. The highest BCUT2D eigenvalue weighted by Crippen LogP contribution is 2.28. The molecule has 0 bridgehead atoms. The number of nitrogens with two attached hydrogens (primary N) is 1. The Hall–Kier alpha value is -1.38. The molecule has 0 atom stereocenters. The zero-order valence-electron chi connectivity index (χ0n) is 10.1. The van der Waals surface area contributed by atoms with Gasteiger partial charge in [0.1, 0.15) is 5.82 Å². The summed E-state index contributed by atoms with van der Waals surface area (Å²) in [5, 5.41) is 0.564. The zero-order chi connectivity index (χ0) is 14.2. The number of rotatable bonds is 3. The fraction of sp³-hybridized carbons (Fsp3) is 0.200. The van der Waals surface area contributed by atoms with Crippen LogP contribution in [-0.4, -0.2) is 17.8 Å². The Morgan fingerprint density at radius 2 is 2.05 bits per heavy atom. The standard InChI is InChI=1S/C10H11ClN4O2S2/c1-5-3-7(4-8(12)9(5)11)19(16,17)15-10-13-6(2)14-18-10/h3-4H,12H2,1-2H3,(H,13,14,15). The smallest absolute Gasteiger partial charge is 0.263 e. The first-order valence-electron chi connectivity index (χ1n) is 5.18. The van der Waals surface area contributed by atoms with Crippen LogP contribution in [0.15, 0.2) is 17.0 Å². The van der Waals surface area contributed by atoms with E-state index in [0.29, 0.717) is 16.4 Å². The summed E-state index contributed by atoms with van der Waals surface area (Å²) in [5.41, 5.74) is 6.48. The predicted molar refractivity (Wildman–Crippen MR) is 76.1 cm³/mol. The van der Waals surface area contributed by atoms with E-state index in [2.05, 4.69) is 14.1 Å². The largest absolute Gasteiger partial charge is 0.397 e. The van der Waals surface area contributed by atoms with Crippen LogP contribution in [0.1, 0.15) is 11.4 Å². The van der Waals surface area contributed by atoms with Gasteiger partial charge >= 0.3 is 0 Å². The Morgan fingerprint density at radius 3 is 2.58 bits per heavy atom. The molecule has 3 N–H and O–H groups in total. The molecule has 0 fully saturated rings. The summed E-state index contributed by atoms with van der Waals surface area (Å²) in [6.07, 6.45) is 0. The number of halogens is 1. The Labute approximate surface area is 119 Å². The van der Waals surface area contributed by atoms with Gasteiger partial charge in [-0.25, -0.2) is 13.4 Å². The van der Waals surface area contributed by atoms with E-state index in [1.807, 2.05) is 0 Å². The van der Waals surface area contributed by atoms with Crippen molar-refractivity contribution in [3.05, 3.63) is 28.5 Å². The van der Waals surface area contributed by atoms with Crippen molar-refractivity contribution in [2.24, 2.45) is 0 Å². The highest BCUT2D eigenvalue weighted by Gasteiger charge is 2.18. The lowest BCUT2D eigenvalue weighted by atomic mass is 10.2. The number of sulfonamides is 1. The molecule has 0 saturated heterocycles. The van der Waals surface area contributed by atoms with Crippen molar-refractivity contribution in [3.63, 3.8) is 0 Å². The fourth-order valence-corrected chi connectivity index (χ4v) is 3.46. The molecular formula is C10H11ClN4O2S2. The average Bonchev–Trinajstić information content (AvgIpc) is 2.70. The van der Waals surface area contributed by atoms with Gasteiger partial charge in [0.15, 0.2) is 0 Å². The molecule has 0 radical (unpaired) electrons. The molecule has 0 aliphatic carbocycles. The molecule has 102 valence electrons. The first-order chi connectivity index (χ1) is 8.79. The summed E-state index contributed by atoms with van der Waals surface area (Å²) >= 11 is 6.88. The predicted octanol–water partition coefficient (Wildman–Crippen LogP) is 2.19. The van der Waals surface area contributed by atoms with Crippen LogP contribution in [0.2, 0.25) is 5.02 Å². The monoisotopic (exact) mass is 318 g/mol. The average molecular weight is 319 g/mol. The number of hydrogen-bond acceptors (Lipinski definition) is 6. The highest BCUT2D eigenvalue weighted by molar-refractivity contribution is 7.93. The summed E-state index contributed by atoms with van der Waals surface area (Å²) in [4.78, 5) is 3.99. The molecule has 0 aliphatic rings. The maximum absolute atomic E-state index is 12.2. The van der Waals surface area contributed by atoms with E-state index in [1.165, 1.54) is 12.1 Å². The highest BCUT2D eigenvalue weighted by atomic mass is 35.5. The van der Waals surface area contributed by atoms with Gasteiger partial charge in [0.2, 0.25) is 5.13 Å². The SMILES string of the molecule is Cc1nsc(NS(=O)(=O)c2cc(C)c(Cl)c(N)c2)n1. The first-order valence-corrected chi connectivity index (χ1v) is 7.82. The van der Waals surface area contributed by atoms with Crippen molar-refractivity contribution >= 4 is 44.0 Å². The number of aryl methyl sites for hydroxylation is 2. The van der Waals surface area contributed by atoms with Crippen molar-refractivity contribution in [1.29, 1.82) is 0 Å². The molecule has 1 aromatic carbocycles. The van der Waals surface area contributed by atoms with Crippen LogP contribution >= 0.6 is 23.1 Å². The van der Waals surface area contributed by atoms with Crippen molar-refractivity contribution in [3.8, 4) is 0 Å². The van der Waals surface area contributed by atoms with Gasteiger partial charge in [-0.05, 0) is 31.5 Å². The fourth-order valence-electron chi connectivity index (χ4n) is 1.43. The maximum atomic E-state index is 12.2. The third-order valence-corrected chi connectivity index (χ3v) is 5.00. The number of anilines is 2. The second-order valence-corrected chi connectivity index (χ2v) is 6.71. The second-order valence-electron chi connectivity index (χ2n) is 3.90. The quantitative estimate of drug-likeness (QED) is 0.845. The van der Waals surface area contributed by atoms with Crippen LogP contribution < -0.4 is 10.5 Å². The normalized spacial score (nSPS) is 11.5. The lowest BCUT2D eigenvalue weighted by molar-refractivity contribution is 0.601. The third kappa shape index (κ3) is 2.96. The Kier molecular flexibility index (Phi) is 3.66. The Bertz CT molecular complexity index is 704. The second kappa shape index (κ2) is 4.95. The van der Waals surface area contributed by atoms with Crippen LogP contribution in [0.25, 0.3) is 0 Å². The minimum atomic E-state index is -3.74. The number of aromatic nitrogens is 2. The van der Waals surface area contributed by atoms with Crippen LogP contribution in [-0.2, 0) is 10.0 Å². The lowest BCUT2D eigenvalue weighted by Crippen LogP contribution is -2.13. The van der Waals surface area contributed by atoms with Gasteiger partial charge in [-0.1, -0.05) is 11.6 Å². The Morgan fingerprint density at radius 1 is 1.37 bits per heavy atom. The third-order valence-electron chi connectivity index (χ3n) is 2.32. The van der Waals surface area contributed by atoms with Crippen molar-refractivity contribution in [2.45, 2.75) is 18.7 Å². The van der Waals surface area contributed by atoms with Crippen LogP contribution in [0, 0.1) is 13.8 Å². The molecule has 2 aromatic rings. The van der Waals surface area contributed by atoms with Crippen molar-refractivity contribution in [1.82, 2.24) is 9.36 Å². The van der Waals surface area contributed by atoms with E-state index in [-0.39, 0.29) is 15.7 Å². The molecule has 0 aliphatic heterocycles. The molecule has 9 heteroatoms. The molecule has 0 spiro atoms. The summed E-state index contributed by atoms with van der Waals surface area (Å²) < 4.78 is 30.6. The summed E-state index contributed by atoms with van der Waals surface area (Å²) in [5.74, 6) is 0.509. The van der Waals surface area contributed by atoms with E-state index in [0.717, 1.165) is 11.5 Å². The van der Waals surface area contributed by atoms with Gasteiger partial charge in [0, 0.05) is 11.5 Å². The van der Waals surface area contributed by atoms with Gasteiger partial charge in [-0.15, -0.1) is 0 Å². The summed E-state index contributed by atoms with van der Waals surface area (Å²) in [6, 6.07) is 2.76. The Balaban J connectivity index is 2.40. The molecule has 1 heterocycles. The molecule has 0 saturated carbocycles. The van der Waals surface area contributed by atoms with E-state index in [1.54, 1.807) is 13.8 Å². The maximum Gasteiger partial charge on any atom is 0.263 e. The molecular weight excluding hydrogens is 308 g/mol. The van der Waals surface area contributed by atoms with Gasteiger partial charge in [0.25, 0.3) is 10.0 Å². The lowest BCUT2D eigenvalue weighted by Gasteiger charge is -2.08. The zero-order valence-corrected chi connectivity index (χ0v) is 12.5.